The van der Waals surface area contributed by atoms with Gasteiger partial charge in [0.15, 0.2) is 0 Å². The molecule has 5 heteroatoms. The van der Waals surface area contributed by atoms with E-state index in [1.165, 1.54) is 5.41 Å². The van der Waals surface area contributed by atoms with Gasteiger partial charge in [0.25, 0.3) is 0 Å². The second kappa shape index (κ2) is 5.07. The van der Waals surface area contributed by atoms with E-state index in [1.54, 1.807) is 6.08 Å². The highest BCUT2D eigenvalue weighted by Crippen LogP contribution is 2.40. The number of hydrogen-bond donors (Lipinski definition) is 2. The van der Waals surface area contributed by atoms with Gasteiger partial charge in [-0.15, -0.1) is 0 Å². The lowest BCUT2D eigenvalue weighted by Crippen LogP contribution is -2.60. The summed E-state index contributed by atoms with van der Waals surface area (Å²) in [6.45, 7) is 3.71. The molecule has 1 fully saturated rings. The van der Waals surface area contributed by atoms with Gasteiger partial charge >= 0.3 is 0 Å². The van der Waals surface area contributed by atoms with Gasteiger partial charge < -0.3 is 5.11 Å². The molecule has 1 saturated carbocycles. The maximum Gasteiger partial charge on any atom is 0.234 e. The lowest BCUT2D eigenvalue weighted by molar-refractivity contribution is -0.0644. The van der Waals surface area contributed by atoms with Crippen molar-refractivity contribution in [3.05, 3.63) is 41.3 Å². The molecule has 0 spiro atoms. The minimum atomic E-state index is -3.48. The van der Waals surface area contributed by atoms with Gasteiger partial charge in [0.2, 0.25) is 10.0 Å². The van der Waals surface area contributed by atoms with Gasteiger partial charge in [-0.2, -0.15) is 0 Å². The molecular formula is C14H19NO3S. The molecule has 0 radical (unpaired) electrons. The van der Waals surface area contributed by atoms with Gasteiger partial charge in [-0.25, -0.2) is 13.1 Å². The predicted octanol–water partition coefficient (Wildman–Crippen LogP) is 1.74. The highest BCUT2D eigenvalue weighted by atomic mass is 32.2. The van der Waals surface area contributed by atoms with Crippen LogP contribution in [0.1, 0.15) is 25.8 Å². The Kier molecular flexibility index (Phi) is 3.80. The first-order valence-electron chi connectivity index (χ1n) is 6.25. The first kappa shape index (κ1) is 14.2. The normalized spacial score (nSPS) is 26.3. The molecular weight excluding hydrogens is 262 g/mol. The van der Waals surface area contributed by atoms with Crippen LogP contribution in [0.5, 0.6) is 0 Å². The van der Waals surface area contributed by atoms with E-state index in [0.717, 1.165) is 5.56 Å². The van der Waals surface area contributed by atoms with Crippen molar-refractivity contribution in [2.75, 3.05) is 0 Å². The van der Waals surface area contributed by atoms with Crippen LogP contribution in [-0.2, 0) is 10.0 Å². The van der Waals surface area contributed by atoms with Gasteiger partial charge in [-0.3, -0.25) is 0 Å². The SMILES string of the molecule is CC1(C)C(O)CC1NS(=O)(=O)/C=C/c1ccccc1. The third-order valence-corrected chi connectivity index (χ3v) is 4.87. The topological polar surface area (TPSA) is 66.4 Å². The van der Waals surface area contributed by atoms with Gasteiger partial charge in [0.1, 0.15) is 0 Å². The fourth-order valence-corrected chi connectivity index (χ4v) is 3.28. The molecule has 0 aromatic heterocycles. The van der Waals surface area contributed by atoms with Crippen molar-refractivity contribution >= 4 is 16.1 Å². The second-order valence-electron chi connectivity index (χ2n) is 5.50. The monoisotopic (exact) mass is 281 g/mol. The van der Waals surface area contributed by atoms with Crippen LogP contribution >= 0.6 is 0 Å². The Morgan fingerprint density at radius 1 is 1.32 bits per heavy atom. The predicted molar refractivity (Wildman–Crippen MR) is 75.7 cm³/mol. The standard InChI is InChI=1S/C14H19NO3S/c1-14(2)12(10-13(14)16)15-19(17,18)9-8-11-6-4-3-5-7-11/h3-9,12-13,15-16H,10H2,1-2H3/b9-8+. The van der Waals surface area contributed by atoms with E-state index in [9.17, 15) is 13.5 Å². The quantitative estimate of drug-likeness (QED) is 0.883. The third kappa shape index (κ3) is 3.23. The fourth-order valence-electron chi connectivity index (χ4n) is 2.07. The molecule has 2 rings (SSSR count). The lowest BCUT2D eigenvalue weighted by atomic mass is 9.65. The first-order valence-corrected chi connectivity index (χ1v) is 7.79. The largest absolute Gasteiger partial charge is 0.392 e. The van der Waals surface area contributed by atoms with Crippen LogP contribution < -0.4 is 4.72 Å². The van der Waals surface area contributed by atoms with E-state index in [1.807, 2.05) is 44.2 Å². The summed E-state index contributed by atoms with van der Waals surface area (Å²) >= 11 is 0. The van der Waals surface area contributed by atoms with Gasteiger partial charge in [0, 0.05) is 16.9 Å². The van der Waals surface area contributed by atoms with E-state index < -0.39 is 21.5 Å². The minimum absolute atomic E-state index is 0.215. The number of rotatable bonds is 4. The summed E-state index contributed by atoms with van der Waals surface area (Å²) in [5.41, 5.74) is 0.425. The van der Waals surface area contributed by atoms with E-state index in [0.29, 0.717) is 6.42 Å². The molecule has 0 aliphatic heterocycles. The Bertz CT molecular complexity index is 564. The van der Waals surface area contributed by atoms with Crippen LogP contribution in [0.15, 0.2) is 35.7 Å². The molecule has 1 aromatic carbocycles. The molecule has 104 valence electrons. The molecule has 2 N–H and O–H groups in total. The van der Waals surface area contributed by atoms with Gasteiger partial charge in [-0.1, -0.05) is 44.2 Å². The minimum Gasteiger partial charge on any atom is -0.392 e. The van der Waals surface area contributed by atoms with Crippen LogP contribution in [0.2, 0.25) is 0 Å². The zero-order chi connectivity index (χ0) is 14.1. The summed E-state index contributed by atoms with van der Waals surface area (Å²) in [6, 6.07) is 9.04. The average Bonchev–Trinajstić information content (AvgIpc) is 2.37. The maximum absolute atomic E-state index is 11.9. The van der Waals surface area contributed by atoms with Crippen LogP contribution in [-0.4, -0.2) is 25.7 Å². The third-order valence-electron chi connectivity index (χ3n) is 3.76. The zero-order valence-corrected chi connectivity index (χ0v) is 11.9. The first-order chi connectivity index (χ1) is 8.81. The van der Waals surface area contributed by atoms with E-state index in [2.05, 4.69) is 4.72 Å². The van der Waals surface area contributed by atoms with E-state index in [4.69, 9.17) is 0 Å². The van der Waals surface area contributed by atoms with Crippen molar-refractivity contribution in [1.29, 1.82) is 0 Å². The van der Waals surface area contributed by atoms with Crippen LogP contribution in [0.4, 0.5) is 0 Å². The van der Waals surface area contributed by atoms with Crippen LogP contribution in [0.3, 0.4) is 0 Å². The summed E-state index contributed by atoms with van der Waals surface area (Å²) in [4.78, 5) is 0. The Hall–Kier alpha value is -1.17. The molecule has 0 saturated heterocycles. The molecule has 19 heavy (non-hydrogen) atoms. The van der Waals surface area contributed by atoms with Gasteiger partial charge in [0.05, 0.1) is 6.10 Å². The molecule has 2 unspecified atom stereocenters. The van der Waals surface area contributed by atoms with Crippen molar-refractivity contribution in [3.63, 3.8) is 0 Å². The molecule has 4 nitrogen and oxygen atoms in total. The van der Waals surface area contributed by atoms with Crippen molar-refractivity contribution < 1.29 is 13.5 Å². The smallest absolute Gasteiger partial charge is 0.234 e. The molecule has 0 heterocycles. The molecule has 0 amide bonds. The highest BCUT2D eigenvalue weighted by Gasteiger charge is 2.48. The number of sulfonamides is 1. The van der Waals surface area contributed by atoms with Crippen LogP contribution in [0, 0.1) is 5.41 Å². The second-order valence-corrected chi connectivity index (χ2v) is 7.10. The molecule has 2 atom stereocenters. The molecule has 1 aliphatic carbocycles. The average molecular weight is 281 g/mol. The number of nitrogens with one attached hydrogen (secondary N) is 1. The summed E-state index contributed by atoms with van der Waals surface area (Å²) in [5.74, 6) is 0. The summed E-state index contributed by atoms with van der Waals surface area (Å²) in [6.07, 6.45) is 1.58. The fraction of sp³-hybridized carbons (Fsp3) is 0.429. The highest BCUT2D eigenvalue weighted by molar-refractivity contribution is 7.92. The van der Waals surface area contributed by atoms with Gasteiger partial charge in [-0.05, 0) is 18.1 Å². The summed E-state index contributed by atoms with van der Waals surface area (Å²) < 4.78 is 26.5. The summed E-state index contributed by atoms with van der Waals surface area (Å²) in [5, 5.41) is 10.8. The van der Waals surface area contributed by atoms with E-state index in [-0.39, 0.29) is 6.04 Å². The summed E-state index contributed by atoms with van der Waals surface area (Å²) in [7, 11) is -3.48. The number of hydrogen-bond acceptors (Lipinski definition) is 3. The number of aliphatic hydroxyl groups is 1. The molecule has 0 bridgehead atoms. The number of aliphatic hydroxyl groups excluding tert-OH is 1. The molecule has 1 aliphatic rings. The van der Waals surface area contributed by atoms with Crippen molar-refractivity contribution in [2.24, 2.45) is 5.41 Å². The Balaban J connectivity index is 2.03. The van der Waals surface area contributed by atoms with Crippen LogP contribution in [0.25, 0.3) is 6.08 Å². The number of benzene rings is 1. The Morgan fingerprint density at radius 3 is 2.47 bits per heavy atom. The molecule has 1 aromatic rings. The Labute approximate surface area is 114 Å². The zero-order valence-electron chi connectivity index (χ0n) is 11.1. The van der Waals surface area contributed by atoms with Crippen molar-refractivity contribution in [3.8, 4) is 0 Å². The van der Waals surface area contributed by atoms with E-state index >= 15 is 0 Å². The van der Waals surface area contributed by atoms with Crippen molar-refractivity contribution in [2.45, 2.75) is 32.4 Å². The van der Waals surface area contributed by atoms with Crippen molar-refractivity contribution in [1.82, 2.24) is 4.72 Å². The maximum atomic E-state index is 11.9. The lowest BCUT2D eigenvalue weighted by Gasteiger charge is -2.48. The Morgan fingerprint density at radius 2 is 1.95 bits per heavy atom.